The maximum absolute atomic E-state index is 5.81. The summed E-state index contributed by atoms with van der Waals surface area (Å²) in [6, 6.07) is 5.63. The molecule has 0 spiro atoms. The van der Waals surface area contributed by atoms with Crippen molar-refractivity contribution >= 4 is 5.69 Å². The Balaban J connectivity index is 1.93. The van der Waals surface area contributed by atoms with E-state index in [9.17, 15) is 0 Å². The molecule has 0 atom stereocenters. The van der Waals surface area contributed by atoms with Gasteiger partial charge in [0.2, 0.25) is 0 Å². The normalized spacial score (nSPS) is 16.1. The van der Waals surface area contributed by atoms with Gasteiger partial charge >= 0.3 is 0 Å². The Kier molecular flexibility index (Phi) is 4.13. The Morgan fingerprint density at radius 3 is 2.71 bits per heavy atom. The number of benzene rings is 1. The highest BCUT2D eigenvalue weighted by Crippen LogP contribution is 2.29. The molecule has 1 aromatic rings. The van der Waals surface area contributed by atoms with Gasteiger partial charge in [-0.1, -0.05) is 12.8 Å². The molecule has 2 rings (SSSR count). The average Bonchev–Trinajstić information content (AvgIpc) is 2.83. The summed E-state index contributed by atoms with van der Waals surface area (Å²) in [5, 5.41) is 0. The minimum Gasteiger partial charge on any atom is -0.493 e. The topological polar surface area (TPSA) is 44.5 Å². The first kappa shape index (κ1) is 12.1. The zero-order chi connectivity index (χ0) is 12.1. The van der Waals surface area contributed by atoms with Gasteiger partial charge in [0.15, 0.2) is 0 Å². The average molecular weight is 235 g/mol. The molecule has 0 bridgehead atoms. The quantitative estimate of drug-likeness (QED) is 0.797. The van der Waals surface area contributed by atoms with Crippen LogP contribution in [0.25, 0.3) is 0 Å². The molecule has 94 valence electrons. The van der Waals surface area contributed by atoms with Crippen molar-refractivity contribution < 1.29 is 9.47 Å². The fraction of sp³-hybridized carbons (Fsp3) is 0.571. The van der Waals surface area contributed by atoms with Crippen molar-refractivity contribution in [2.45, 2.75) is 32.6 Å². The third kappa shape index (κ3) is 3.29. The first-order valence-electron chi connectivity index (χ1n) is 6.44. The largest absolute Gasteiger partial charge is 0.493 e. The number of nitrogen functional groups attached to an aromatic ring is 1. The molecule has 2 N–H and O–H groups in total. The lowest BCUT2D eigenvalue weighted by Crippen LogP contribution is -2.08. The van der Waals surface area contributed by atoms with Crippen molar-refractivity contribution in [1.29, 1.82) is 0 Å². The van der Waals surface area contributed by atoms with E-state index in [2.05, 4.69) is 0 Å². The van der Waals surface area contributed by atoms with Crippen LogP contribution in [0.3, 0.4) is 0 Å². The van der Waals surface area contributed by atoms with Gasteiger partial charge in [0.1, 0.15) is 11.5 Å². The molecule has 1 aromatic carbocycles. The second-order valence-corrected chi connectivity index (χ2v) is 4.59. The molecule has 0 radical (unpaired) electrons. The van der Waals surface area contributed by atoms with Gasteiger partial charge in [0, 0.05) is 6.07 Å². The van der Waals surface area contributed by atoms with Gasteiger partial charge in [-0.05, 0) is 37.8 Å². The second-order valence-electron chi connectivity index (χ2n) is 4.59. The Bertz CT molecular complexity index is 359. The van der Waals surface area contributed by atoms with Crippen LogP contribution in [-0.4, -0.2) is 13.2 Å². The number of nitrogens with two attached hydrogens (primary N) is 1. The first-order valence-corrected chi connectivity index (χ1v) is 6.44. The molecule has 1 saturated carbocycles. The Hall–Kier alpha value is -1.38. The summed E-state index contributed by atoms with van der Waals surface area (Å²) in [6.45, 7) is 3.39. The maximum atomic E-state index is 5.81. The van der Waals surface area contributed by atoms with Gasteiger partial charge in [-0.2, -0.15) is 0 Å². The van der Waals surface area contributed by atoms with Crippen LogP contribution in [0.1, 0.15) is 32.6 Å². The standard InChI is InChI=1S/C14H21NO2/c1-2-16-14-9-12(7-8-13(14)15)17-10-11-5-3-4-6-11/h7-9,11H,2-6,10,15H2,1H3. The van der Waals surface area contributed by atoms with E-state index in [-0.39, 0.29) is 0 Å². The summed E-state index contributed by atoms with van der Waals surface area (Å²) in [4.78, 5) is 0. The predicted octanol–water partition coefficient (Wildman–Crippen LogP) is 3.24. The molecule has 1 fully saturated rings. The highest BCUT2D eigenvalue weighted by molar-refractivity contribution is 5.55. The van der Waals surface area contributed by atoms with Gasteiger partial charge in [-0.25, -0.2) is 0 Å². The van der Waals surface area contributed by atoms with Crippen LogP contribution in [0.5, 0.6) is 11.5 Å². The molecular formula is C14H21NO2. The third-order valence-electron chi connectivity index (χ3n) is 3.25. The van der Waals surface area contributed by atoms with Crippen LogP contribution in [-0.2, 0) is 0 Å². The molecule has 0 heterocycles. The van der Waals surface area contributed by atoms with Crippen molar-refractivity contribution in [3.8, 4) is 11.5 Å². The van der Waals surface area contributed by atoms with Crippen molar-refractivity contribution in [3.63, 3.8) is 0 Å². The highest BCUT2D eigenvalue weighted by atomic mass is 16.5. The van der Waals surface area contributed by atoms with E-state index in [0.29, 0.717) is 12.3 Å². The Morgan fingerprint density at radius 1 is 1.24 bits per heavy atom. The minimum absolute atomic E-state index is 0.621. The van der Waals surface area contributed by atoms with Crippen LogP contribution in [0.2, 0.25) is 0 Å². The number of anilines is 1. The molecule has 0 aliphatic heterocycles. The van der Waals surface area contributed by atoms with E-state index in [1.165, 1.54) is 25.7 Å². The van der Waals surface area contributed by atoms with E-state index in [1.54, 1.807) is 0 Å². The summed E-state index contributed by atoms with van der Waals surface area (Å²) in [6.07, 6.45) is 5.29. The number of rotatable bonds is 5. The van der Waals surface area contributed by atoms with Gasteiger partial charge in [-0.15, -0.1) is 0 Å². The zero-order valence-electron chi connectivity index (χ0n) is 10.4. The molecule has 0 saturated heterocycles. The molecule has 0 amide bonds. The molecule has 1 aliphatic carbocycles. The molecule has 0 aromatic heterocycles. The van der Waals surface area contributed by atoms with Gasteiger partial charge < -0.3 is 15.2 Å². The summed E-state index contributed by atoms with van der Waals surface area (Å²) in [7, 11) is 0. The van der Waals surface area contributed by atoms with Crippen LogP contribution >= 0.6 is 0 Å². The van der Waals surface area contributed by atoms with Crippen LogP contribution < -0.4 is 15.2 Å². The molecule has 17 heavy (non-hydrogen) atoms. The van der Waals surface area contributed by atoms with E-state index in [1.807, 2.05) is 25.1 Å². The number of hydrogen-bond donors (Lipinski definition) is 1. The van der Waals surface area contributed by atoms with Crippen LogP contribution in [0, 0.1) is 5.92 Å². The minimum atomic E-state index is 0.621. The summed E-state index contributed by atoms with van der Waals surface area (Å²) >= 11 is 0. The fourth-order valence-electron chi connectivity index (χ4n) is 2.28. The van der Waals surface area contributed by atoms with Gasteiger partial charge in [0.05, 0.1) is 18.9 Å². The SMILES string of the molecule is CCOc1cc(OCC2CCCC2)ccc1N. The van der Waals surface area contributed by atoms with E-state index in [4.69, 9.17) is 15.2 Å². The van der Waals surface area contributed by atoms with Crippen LogP contribution in [0.4, 0.5) is 5.69 Å². The molecule has 3 nitrogen and oxygen atoms in total. The second kappa shape index (κ2) is 5.80. The number of ether oxygens (including phenoxy) is 2. The smallest absolute Gasteiger partial charge is 0.145 e. The maximum Gasteiger partial charge on any atom is 0.145 e. The number of hydrogen-bond acceptors (Lipinski definition) is 3. The lowest BCUT2D eigenvalue weighted by molar-refractivity contribution is 0.250. The lowest BCUT2D eigenvalue weighted by atomic mass is 10.1. The van der Waals surface area contributed by atoms with Crippen molar-refractivity contribution in [1.82, 2.24) is 0 Å². The summed E-state index contributed by atoms with van der Waals surface area (Å²) in [5.41, 5.74) is 6.48. The van der Waals surface area contributed by atoms with Gasteiger partial charge in [-0.3, -0.25) is 0 Å². The zero-order valence-corrected chi connectivity index (χ0v) is 10.4. The first-order chi connectivity index (χ1) is 8.29. The lowest BCUT2D eigenvalue weighted by Gasteiger charge is -2.13. The van der Waals surface area contributed by atoms with Crippen molar-refractivity contribution in [3.05, 3.63) is 18.2 Å². The Morgan fingerprint density at radius 2 is 2.00 bits per heavy atom. The van der Waals surface area contributed by atoms with E-state index in [0.717, 1.165) is 24.0 Å². The molecule has 3 heteroatoms. The van der Waals surface area contributed by atoms with Crippen molar-refractivity contribution in [2.24, 2.45) is 5.92 Å². The summed E-state index contributed by atoms with van der Waals surface area (Å²) in [5.74, 6) is 2.30. The van der Waals surface area contributed by atoms with E-state index < -0.39 is 0 Å². The highest BCUT2D eigenvalue weighted by Gasteiger charge is 2.15. The monoisotopic (exact) mass is 235 g/mol. The molecular weight excluding hydrogens is 214 g/mol. The van der Waals surface area contributed by atoms with Crippen LogP contribution in [0.15, 0.2) is 18.2 Å². The van der Waals surface area contributed by atoms with Crippen molar-refractivity contribution in [2.75, 3.05) is 18.9 Å². The molecule has 0 unspecified atom stereocenters. The predicted molar refractivity (Wildman–Crippen MR) is 69.5 cm³/mol. The molecule has 1 aliphatic rings. The van der Waals surface area contributed by atoms with Gasteiger partial charge in [0.25, 0.3) is 0 Å². The summed E-state index contributed by atoms with van der Waals surface area (Å²) < 4.78 is 11.2. The fourth-order valence-corrected chi connectivity index (χ4v) is 2.28. The van der Waals surface area contributed by atoms with E-state index >= 15 is 0 Å². The Labute approximate surface area is 103 Å². The third-order valence-corrected chi connectivity index (χ3v) is 3.25.